The van der Waals surface area contributed by atoms with Crippen LogP contribution in [0.25, 0.3) is 0 Å². The number of aliphatic imine (C=N–C) groups is 1. The predicted molar refractivity (Wildman–Crippen MR) is 183 cm³/mol. The summed E-state index contributed by atoms with van der Waals surface area (Å²) in [6.07, 6.45) is 5.81. The minimum atomic E-state index is -0.635. The number of nitrogens with zero attached hydrogens (tertiary/aromatic N) is 1. The molecule has 3 atom stereocenters. The van der Waals surface area contributed by atoms with Crippen molar-refractivity contribution in [2.45, 2.75) is 87.4 Å². The van der Waals surface area contributed by atoms with Crippen LogP contribution in [0.4, 0.5) is 0 Å². The standard InChI is InChI=1S/C29H53N9O4S2/c30-23(7-1-4-12-36-27(40)24(31)9-3-6-14-38-29(33)34)26(39)35-13-5-2-8-25(32)28(41)37-15-16-42-22-11-10-20(18-43)21(17-22)19-44/h10-11,17,23-25,43-44H,1-9,12-16,18-19,30-32H2,(H,35,39)(H,36,40)(H,37,41)(H4,33,34,38)/t23-,24-,25-/m0/s1. The molecular formula is C29H53N9O4S2. The molecule has 0 aliphatic rings. The van der Waals surface area contributed by atoms with Crippen molar-refractivity contribution in [2.24, 2.45) is 33.7 Å². The van der Waals surface area contributed by atoms with Crippen molar-refractivity contribution in [2.75, 3.05) is 32.8 Å². The summed E-state index contributed by atoms with van der Waals surface area (Å²) in [6.45, 7) is 2.10. The lowest BCUT2D eigenvalue weighted by Gasteiger charge is -2.15. The number of hydrogen-bond donors (Lipinski definition) is 10. The monoisotopic (exact) mass is 655 g/mol. The van der Waals surface area contributed by atoms with Crippen molar-refractivity contribution in [3.8, 4) is 5.75 Å². The van der Waals surface area contributed by atoms with Gasteiger partial charge in [-0.15, -0.1) is 0 Å². The molecule has 0 aliphatic heterocycles. The fourth-order valence-electron chi connectivity index (χ4n) is 4.21. The Morgan fingerprint density at radius 3 is 1.66 bits per heavy atom. The zero-order chi connectivity index (χ0) is 32.7. The highest BCUT2D eigenvalue weighted by molar-refractivity contribution is 7.79. The lowest BCUT2D eigenvalue weighted by Crippen LogP contribution is -2.42. The number of carbonyl (C=O) groups is 3. The van der Waals surface area contributed by atoms with E-state index in [9.17, 15) is 14.4 Å². The molecule has 15 heteroatoms. The van der Waals surface area contributed by atoms with E-state index >= 15 is 0 Å². The molecule has 0 bridgehead atoms. The summed E-state index contributed by atoms with van der Waals surface area (Å²) in [5.41, 5.74) is 30.6. The summed E-state index contributed by atoms with van der Waals surface area (Å²) in [4.78, 5) is 40.5. The van der Waals surface area contributed by atoms with E-state index in [0.717, 1.165) is 24.0 Å². The zero-order valence-corrected chi connectivity index (χ0v) is 27.4. The topological polar surface area (TPSA) is 239 Å². The Morgan fingerprint density at radius 1 is 0.705 bits per heavy atom. The normalized spacial score (nSPS) is 12.9. The van der Waals surface area contributed by atoms with E-state index in [2.05, 4.69) is 46.2 Å². The van der Waals surface area contributed by atoms with Crippen LogP contribution in [0.15, 0.2) is 23.2 Å². The number of thiol groups is 2. The van der Waals surface area contributed by atoms with Gasteiger partial charge in [-0.25, -0.2) is 0 Å². The van der Waals surface area contributed by atoms with E-state index in [1.165, 1.54) is 0 Å². The summed E-state index contributed by atoms with van der Waals surface area (Å²) < 4.78 is 5.72. The fourth-order valence-corrected chi connectivity index (χ4v) is 4.81. The molecule has 13 nitrogen and oxygen atoms in total. The molecule has 0 spiro atoms. The van der Waals surface area contributed by atoms with Crippen LogP contribution in [0.5, 0.6) is 5.75 Å². The first-order valence-electron chi connectivity index (χ1n) is 15.2. The van der Waals surface area contributed by atoms with E-state index < -0.39 is 18.1 Å². The van der Waals surface area contributed by atoms with Gasteiger partial charge in [0.15, 0.2) is 5.96 Å². The summed E-state index contributed by atoms with van der Waals surface area (Å²) in [5.74, 6) is 1.35. The van der Waals surface area contributed by atoms with Crippen LogP contribution in [0.2, 0.25) is 0 Å². The maximum Gasteiger partial charge on any atom is 0.237 e. The van der Waals surface area contributed by atoms with Crippen molar-refractivity contribution in [3.63, 3.8) is 0 Å². The van der Waals surface area contributed by atoms with Gasteiger partial charge in [0.1, 0.15) is 12.4 Å². The van der Waals surface area contributed by atoms with Gasteiger partial charge in [0.25, 0.3) is 0 Å². The first kappa shape index (κ1) is 39.3. The SMILES string of the molecule is NC(N)=NCCCC[C@H](N)C(=O)NCCCC[C@H](N)C(=O)NCCCC[C@H](N)C(=O)NCCOc1ccc(CS)c(CS)c1. The third kappa shape index (κ3) is 17.5. The van der Waals surface area contributed by atoms with E-state index in [-0.39, 0.29) is 23.7 Å². The first-order valence-corrected chi connectivity index (χ1v) is 16.5. The number of nitrogens with one attached hydrogen (secondary N) is 3. The Bertz CT molecular complexity index is 1030. The quantitative estimate of drug-likeness (QED) is 0.0313. The average Bonchev–Trinajstić information content (AvgIpc) is 3.01. The Morgan fingerprint density at radius 2 is 1.18 bits per heavy atom. The first-order chi connectivity index (χ1) is 21.1. The summed E-state index contributed by atoms with van der Waals surface area (Å²) in [6, 6.07) is 3.93. The summed E-state index contributed by atoms with van der Waals surface area (Å²) >= 11 is 8.65. The highest BCUT2D eigenvalue weighted by Crippen LogP contribution is 2.20. The van der Waals surface area contributed by atoms with Crippen molar-refractivity contribution in [1.29, 1.82) is 0 Å². The lowest BCUT2D eigenvalue weighted by molar-refractivity contribution is -0.123. The highest BCUT2D eigenvalue weighted by atomic mass is 32.1. The molecule has 250 valence electrons. The van der Waals surface area contributed by atoms with E-state index in [4.69, 9.17) is 33.4 Å². The summed E-state index contributed by atoms with van der Waals surface area (Å²) in [5, 5.41) is 8.43. The van der Waals surface area contributed by atoms with Crippen LogP contribution in [-0.2, 0) is 25.9 Å². The van der Waals surface area contributed by atoms with Gasteiger partial charge < -0.3 is 49.4 Å². The fraction of sp³-hybridized carbons (Fsp3) is 0.655. The van der Waals surface area contributed by atoms with E-state index in [0.29, 0.717) is 95.0 Å². The third-order valence-corrected chi connectivity index (χ3v) is 7.58. The Labute approximate surface area is 272 Å². The molecule has 0 saturated heterocycles. The number of hydrogen-bond acceptors (Lipinski definition) is 10. The smallest absolute Gasteiger partial charge is 0.237 e. The number of nitrogens with two attached hydrogens (primary N) is 5. The van der Waals surface area contributed by atoms with Crippen molar-refractivity contribution in [3.05, 3.63) is 29.3 Å². The molecule has 1 rings (SSSR count). The predicted octanol–water partition coefficient (Wildman–Crippen LogP) is 0.0398. The number of guanidine groups is 1. The second-order valence-corrected chi connectivity index (χ2v) is 11.2. The number of ether oxygens (including phenoxy) is 1. The Balaban J connectivity index is 2.07. The number of carbonyl (C=O) groups excluding carboxylic acids is 3. The third-order valence-electron chi connectivity index (χ3n) is 6.90. The van der Waals surface area contributed by atoms with Gasteiger partial charge in [-0.3, -0.25) is 19.4 Å². The van der Waals surface area contributed by atoms with Gasteiger partial charge in [0.2, 0.25) is 17.7 Å². The van der Waals surface area contributed by atoms with Gasteiger partial charge in [0.05, 0.1) is 24.7 Å². The number of unbranched alkanes of at least 4 members (excludes halogenated alkanes) is 3. The van der Waals surface area contributed by atoms with Crippen LogP contribution in [0.3, 0.4) is 0 Å². The second kappa shape index (κ2) is 23.6. The molecule has 0 radical (unpaired) electrons. The average molecular weight is 656 g/mol. The van der Waals surface area contributed by atoms with E-state index in [1.54, 1.807) is 0 Å². The number of amides is 3. The van der Waals surface area contributed by atoms with Crippen molar-refractivity contribution >= 4 is 48.9 Å². The lowest BCUT2D eigenvalue weighted by atomic mass is 10.1. The van der Waals surface area contributed by atoms with Crippen LogP contribution in [-0.4, -0.2) is 74.6 Å². The molecule has 0 aromatic heterocycles. The van der Waals surface area contributed by atoms with Crippen molar-refractivity contribution < 1.29 is 19.1 Å². The van der Waals surface area contributed by atoms with Crippen LogP contribution < -0.4 is 49.4 Å². The van der Waals surface area contributed by atoms with Gasteiger partial charge >= 0.3 is 0 Å². The maximum absolute atomic E-state index is 12.3. The van der Waals surface area contributed by atoms with Crippen LogP contribution in [0.1, 0.15) is 68.9 Å². The number of benzene rings is 1. The number of rotatable bonds is 24. The molecule has 3 amide bonds. The molecule has 44 heavy (non-hydrogen) atoms. The highest BCUT2D eigenvalue weighted by Gasteiger charge is 2.15. The van der Waals surface area contributed by atoms with Gasteiger partial charge in [-0.05, 0) is 81.0 Å². The minimum absolute atomic E-state index is 0.0536. The molecular weight excluding hydrogens is 603 g/mol. The van der Waals surface area contributed by atoms with Crippen LogP contribution >= 0.6 is 25.3 Å². The molecule has 1 aromatic carbocycles. The molecule has 0 saturated carbocycles. The van der Waals surface area contributed by atoms with Gasteiger partial charge in [-0.1, -0.05) is 6.07 Å². The van der Waals surface area contributed by atoms with Gasteiger partial charge in [-0.2, -0.15) is 25.3 Å². The minimum Gasteiger partial charge on any atom is -0.492 e. The zero-order valence-electron chi connectivity index (χ0n) is 25.6. The molecule has 0 heterocycles. The molecule has 0 aliphatic carbocycles. The molecule has 13 N–H and O–H groups in total. The van der Waals surface area contributed by atoms with E-state index in [1.807, 2.05) is 18.2 Å². The largest absolute Gasteiger partial charge is 0.492 e. The molecule has 0 unspecified atom stereocenters. The summed E-state index contributed by atoms with van der Waals surface area (Å²) in [7, 11) is 0. The van der Waals surface area contributed by atoms with Crippen LogP contribution in [0, 0.1) is 0 Å². The van der Waals surface area contributed by atoms with Crippen molar-refractivity contribution in [1.82, 2.24) is 16.0 Å². The maximum atomic E-state index is 12.3. The molecule has 1 aromatic rings. The van der Waals surface area contributed by atoms with Gasteiger partial charge in [0, 0.05) is 31.1 Å². The second-order valence-electron chi connectivity index (χ2n) is 10.6. The molecule has 0 fully saturated rings. The Kier molecular flexibility index (Phi) is 21.1. The Hall–Kier alpha value is -2.72.